The molecule has 0 radical (unpaired) electrons. The Bertz CT molecular complexity index is 1100. The first-order valence-corrected chi connectivity index (χ1v) is 10.3. The van der Waals surface area contributed by atoms with Gasteiger partial charge in [-0.3, -0.25) is 0 Å². The lowest BCUT2D eigenvalue weighted by atomic mass is 9.94. The number of amidine groups is 1. The smallest absolute Gasteiger partial charge is 0.335 e. The molecule has 5 nitrogen and oxygen atoms in total. The molecule has 0 spiro atoms. The van der Waals surface area contributed by atoms with E-state index in [4.69, 9.17) is 27.9 Å². The second-order valence-electron chi connectivity index (χ2n) is 6.48. The van der Waals surface area contributed by atoms with Crippen LogP contribution in [0.5, 0.6) is 5.75 Å². The summed E-state index contributed by atoms with van der Waals surface area (Å²) in [5.74, 6) is -0.361. The van der Waals surface area contributed by atoms with Crippen LogP contribution in [-0.2, 0) is 4.79 Å². The Morgan fingerprint density at radius 3 is 2.42 bits per heavy atom. The van der Waals surface area contributed by atoms with Crippen molar-refractivity contribution >= 4 is 75.8 Å². The zero-order valence-electron chi connectivity index (χ0n) is 16.3. The minimum absolute atomic E-state index is 0. The first-order chi connectivity index (χ1) is 13.9. The lowest BCUT2D eigenvalue weighted by Crippen LogP contribution is -2.33. The Morgan fingerprint density at radius 1 is 1.16 bits per heavy atom. The zero-order chi connectivity index (χ0) is 20.7. The number of thioether (sulfide) groups is 1. The van der Waals surface area contributed by atoms with Gasteiger partial charge in [-0.25, -0.2) is 9.79 Å². The molecule has 164 valence electrons. The quantitative estimate of drug-likeness (QED) is 0.489. The topological polar surface area (TPSA) is 62.1 Å². The van der Waals surface area contributed by atoms with Gasteiger partial charge in [-0.05, 0) is 48.5 Å². The Labute approximate surface area is 206 Å². The maximum Gasteiger partial charge on any atom is 0.335 e. The molecule has 0 aromatic heterocycles. The predicted molar refractivity (Wildman–Crippen MR) is 132 cm³/mol. The molecular weight excluding hydrogens is 502 g/mol. The van der Waals surface area contributed by atoms with Gasteiger partial charge >= 0.3 is 5.97 Å². The molecule has 2 aliphatic rings. The summed E-state index contributed by atoms with van der Waals surface area (Å²) in [5.41, 5.74) is 2.17. The van der Waals surface area contributed by atoms with Gasteiger partial charge in [-0.2, -0.15) is 0 Å². The lowest BCUT2D eigenvalue weighted by molar-refractivity contribution is -0.133. The van der Waals surface area contributed by atoms with E-state index in [1.54, 1.807) is 32.2 Å². The van der Waals surface area contributed by atoms with Crippen LogP contribution in [0.4, 0.5) is 0 Å². The number of allylic oxidation sites excluding steroid dienone is 1. The number of carboxylic acids is 1. The van der Waals surface area contributed by atoms with Gasteiger partial charge in [-0.15, -0.1) is 24.8 Å². The van der Waals surface area contributed by atoms with Crippen molar-refractivity contribution in [3.8, 4) is 5.75 Å². The van der Waals surface area contributed by atoms with E-state index < -0.39 is 12.0 Å². The van der Waals surface area contributed by atoms with Crippen molar-refractivity contribution in [3.63, 3.8) is 0 Å². The van der Waals surface area contributed by atoms with E-state index in [1.165, 1.54) is 11.8 Å². The fourth-order valence-corrected chi connectivity index (χ4v) is 5.27. The van der Waals surface area contributed by atoms with E-state index in [1.807, 2.05) is 35.4 Å². The first-order valence-electron chi connectivity index (χ1n) is 8.69. The third kappa shape index (κ3) is 4.69. The van der Waals surface area contributed by atoms with E-state index in [9.17, 15) is 9.90 Å². The van der Waals surface area contributed by atoms with E-state index in [0.29, 0.717) is 32.2 Å². The van der Waals surface area contributed by atoms with Crippen LogP contribution in [0.15, 0.2) is 64.9 Å². The summed E-state index contributed by atoms with van der Waals surface area (Å²) in [7, 11) is 1.58. The van der Waals surface area contributed by atoms with Crippen molar-refractivity contribution in [1.82, 2.24) is 4.90 Å². The minimum Gasteiger partial charge on any atom is -0.497 e. The molecule has 1 unspecified atom stereocenters. The summed E-state index contributed by atoms with van der Waals surface area (Å²) in [6, 6.07) is 12.2. The van der Waals surface area contributed by atoms with E-state index in [0.717, 1.165) is 10.5 Å². The van der Waals surface area contributed by atoms with Crippen molar-refractivity contribution in [2.24, 2.45) is 4.99 Å². The number of carbonyl (C=O) groups is 1. The molecular formula is C21H18Cl4N2O3S. The highest BCUT2D eigenvalue weighted by Gasteiger charge is 2.39. The average molecular weight is 520 g/mol. The molecule has 1 N–H and O–H groups in total. The minimum atomic E-state index is -1.01. The van der Waals surface area contributed by atoms with E-state index in [-0.39, 0.29) is 30.4 Å². The summed E-state index contributed by atoms with van der Waals surface area (Å²) >= 11 is 14.2. The van der Waals surface area contributed by atoms with Crippen LogP contribution in [0.3, 0.4) is 0 Å². The highest BCUT2D eigenvalue weighted by Crippen LogP contribution is 2.48. The number of halogens is 4. The van der Waals surface area contributed by atoms with Gasteiger partial charge in [0, 0.05) is 16.7 Å². The Hall–Kier alpha value is -1.83. The standard InChI is InChI=1S/C21H16Cl2N2O3S.2ClH/c1-11-17(20(26)27)19(12-5-3-6-13(9-12)28-2)25-10-16(29-21(25)24-11)18-14(22)7-4-8-15(18)23;;/h3-10,19H,1-2H3,(H,26,27);2*1H. The number of aliphatic carboxylic acids is 1. The predicted octanol–water partition coefficient (Wildman–Crippen LogP) is 6.66. The summed E-state index contributed by atoms with van der Waals surface area (Å²) in [4.78, 5) is 19.3. The summed E-state index contributed by atoms with van der Waals surface area (Å²) in [5, 5.41) is 11.6. The largest absolute Gasteiger partial charge is 0.497 e. The normalized spacial score (nSPS) is 17.2. The van der Waals surface area contributed by atoms with Crippen molar-refractivity contribution in [1.29, 1.82) is 0 Å². The van der Waals surface area contributed by atoms with E-state index >= 15 is 0 Å². The molecule has 2 aromatic rings. The molecule has 0 fully saturated rings. The number of benzene rings is 2. The summed E-state index contributed by atoms with van der Waals surface area (Å²) < 4.78 is 5.33. The average Bonchev–Trinajstić information content (AvgIpc) is 3.09. The van der Waals surface area contributed by atoms with Crippen molar-refractivity contribution in [2.45, 2.75) is 13.0 Å². The van der Waals surface area contributed by atoms with Crippen LogP contribution in [0, 0.1) is 0 Å². The highest BCUT2D eigenvalue weighted by molar-refractivity contribution is 8.22. The van der Waals surface area contributed by atoms with Crippen LogP contribution in [0.2, 0.25) is 10.0 Å². The van der Waals surface area contributed by atoms with Gasteiger partial charge < -0.3 is 14.7 Å². The number of carboxylic acid groups (broad SMARTS) is 1. The number of rotatable bonds is 4. The lowest BCUT2D eigenvalue weighted by Gasteiger charge is -2.32. The third-order valence-corrected chi connectivity index (χ3v) is 6.38. The molecule has 0 amide bonds. The first kappa shape index (κ1) is 25.4. The Morgan fingerprint density at radius 2 is 1.81 bits per heavy atom. The third-order valence-electron chi connectivity index (χ3n) is 4.73. The van der Waals surface area contributed by atoms with E-state index in [2.05, 4.69) is 4.99 Å². The Balaban J connectivity index is 0.00000171. The zero-order valence-corrected chi connectivity index (χ0v) is 20.3. The summed E-state index contributed by atoms with van der Waals surface area (Å²) in [6.45, 7) is 1.71. The van der Waals surface area contributed by atoms with Gasteiger partial charge in [0.05, 0.1) is 34.5 Å². The highest BCUT2D eigenvalue weighted by atomic mass is 35.5. The van der Waals surface area contributed by atoms with Gasteiger partial charge in [0.25, 0.3) is 0 Å². The number of methoxy groups -OCH3 is 1. The van der Waals surface area contributed by atoms with Crippen LogP contribution in [0.25, 0.3) is 4.91 Å². The maximum absolute atomic E-state index is 12.1. The number of aliphatic imine (C=N–C) groups is 1. The Kier molecular flexibility index (Phi) is 8.36. The number of fused-ring (bicyclic) bond motifs is 1. The molecule has 31 heavy (non-hydrogen) atoms. The molecule has 0 bridgehead atoms. The van der Waals surface area contributed by atoms with Gasteiger partial charge in [0.2, 0.25) is 0 Å². The molecule has 1 atom stereocenters. The molecule has 0 aliphatic carbocycles. The molecule has 0 saturated carbocycles. The fraction of sp³-hybridized carbons (Fsp3) is 0.143. The number of nitrogens with zero attached hydrogens (tertiary/aromatic N) is 2. The van der Waals surface area contributed by atoms with Gasteiger partial charge in [0.15, 0.2) is 5.17 Å². The van der Waals surface area contributed by atoms with Crippen molar-refractivity contribution < 1.29 is 14.6 Å². The monoisotopic (exact) mass is 518 g/mol. The fourth-order valence-electron chi connectivity index (χ4n) is 3.42. The molecule has 10 heteroatoms. The number of hydrogen-bond donors (Lipinski definition) is 1. The van der Waals surface area contributed by atoms with Crippen LogP contribution in [0.1, 0.15) is 24.1 Å². The second-order valence-corrected chi connectivity index (χ2v) is 8.30. The van der Waals surface area contributed by atoms with Crippen LogP contribution in [-0.4, -0.2) is 28.3 Å². The molecule has 2 aliphatic heterocycles. The number of ether oxygens (including phenoxy) is 1. The molecule has 2 aromatic carbocycles. The maximum atomic E-state index is 12.1. The van der Waals surface area contributed by atoms with Crippen LogP contribution >= 0.6 is 59.8 Å². The van der Waals surface area contributed by atoms with Crippen LogP contribution < -0.4 is 4.74 Å². The molecule has 0 saturated heterocycles. The molecule has 2 heterocycles. The SMILES string of the molecule is COc1cccc(C2C(C(=O)O)=C(C)N=C3SC(c4c(Cl)cccc4Cl)=CN32)c1.Cl.Cl. The van der Waals surface area contributed by atoms with Gasteiger partial charge in [-0.1, -0.05) is 41.4 Å². The molecule has 4 rings (SSSR count). The van der Waals surface area contributed by atoms with Crippen molar-refractivity contribution in [2.75, 3.05) is 7.11 Å². The van der Waals surface area contributed by atoms with Crippen molar-refractivity contribution in [3.05, 3.63) is 81.1 Å². The van der Waals surface area contributed by atoms with Gasteiger partial charge in [0.1, 0.15) is 5.75 Å². The second kappa shape index (κ2) is 10.2. The summed E-state index contributed by atoms with van der Waals surface area (Å²) in [6.07, 6.45) is 1.86. The number of hydrogen-bond acceptors (Lipinski definition) is 5.